The summed E-state index contributed by atoms with van der Waals surface area (Å²) in [6, 6.07) is 13.7. The number of hydrogen-bond acceptors (Lipinski definition) is 3. The average molecular weight is 279 g/mol. The summed E-state index contributed by atoms with van der Waals surface area (Å²) in [4.78, 5) is 25.8. The van der Waals surface area contributed by atoms with Crippen molar-refractivity contribution in [2.24, 2.45) is 0 Å². The molecule has 0 fully saturated rings. The molecule has 104 valence electrons. The lowest BCUT2D eigenvalue weighted by molar-refractivity contribution is 0.881. The fraction of sp³-hybridized carbons (Fsp3) is 0.125. The van der Waals surface area contributed by atoms with Crippen molar-refractivity contribution in [3.63, 3.8) is 0 Å². The molecule has 0 unspecified atom stereocenters. The third-order valence-corrected chi connectivity index (χ3v) is 3.99. The molecule has 3 aromatic rings. The Balaban J connectivity index is 1.81. The van der Waals surface area contributed by atoms with E-state index in [0.717, 1.165) is 18.8 Å². The van der Waals surface area contributed by atoms with Gasteiger partial charge in [0.2, 0.25) is 0 Å². The van der Waals surface area contributed by atoms with Crippen molar-refractivity contribution >= 4 is 16.5 Å². The van der Waals surface area contributed by atoms with Crippen molar-refractivity contribution in [1.82, 2.24) is 10.2 Å². The van der Waals surface area contributed by atoms with E-state index in [1.54, 1.807) is 12.1 Å². The van der Waals surface area contributed by atoms with Crippen LogP contribution in [0.2, 0.25) is 0 Å². The molecule has 0 radical (unpaired) electrons. The van der Waals surface area contributed by atoms with Gasteiger partial charge in [-0.05, 0) is 29.3 Å². The Bertz CT molecular complexity index is 930. The summed E-state index contributed by atoms with van der Waals surface area (Å²) >= 11 is 0. The van der Waals surface area contributed by atoms with Gasteiger partial charge >= 0.3 is 0 Å². The topological polar surface area (TPSA) is 69.0 Å². The molecule has 2 N–H and O–H groups in total. The van der Waals surface area contributed by atoms with E-state index in [2.05, 4.69) is 27.2 Å². The minimum absolute atomic E-state index is 0.275. The second-order valence-corrected chi connectivity index (χ2v) is 5.26. The van der Waals surface area contributed by atoms with Crippen LogP contribution in [0, 0.1) is 0 Å². The number of nitrogens with one attached hydrogen (secondary N) is 2. The molecule has 21 heavy (non-hydrogen) atoms. The summed E-state index contributed by atoms with van der Waals surface area (Å²) in [5.41, 5.74) is 3.01. The molecule has 0 saturated carbocycles. The van der Waals surface area contributed by atoms with Gasteiger partial charge in [-0.15, -0.1) is 0 Å². The van der Waals surface area contributed by atoms with E-state index >= 15 is 0 Å². The summed E-state index contributed by atoms with van der Waals surface area (Å²) < 4.78 is 0. The zero-order valence-corrected chi connectivity index (χ0v) is 11.2. The van der Waals surface area contributed by atoms with Crippen LogP contribution in [0.25, 0.3) is 10.8 Å². The first-order valence-electron chi connectivity index (χ1n) is 6.79. The van der Waals surface area contributed by atoms with E-state index in [4.69, 9.17) is 0 Å². The number of aromatic amines is 2. The smallest absolute Gasteiger partial charge is 0.270 e. The van der Waals surface area contributed by atoms with Crippen LogP contribution in [0.5, 0.6) is 0 Å². The molecule has 0 aliphatic carbocycles. The Kier molecular flexibility index (Phi) is 2.47. The molecule has 0 spiro atoms. The monoisotopic (exact) mass is 279 g/mol. The summed E-state index contributed by atoms with van der Waals surface area (Å²) in [6.45, 7) is 1.64. The first-order valence-corrected chi connectivity index (χ1v) is 6.79. The molecule has 1 aliphatic rings. The summed E-state index contributed by atoms with van der Waals surface area (Å²) in [5.74, 6) is 0. The lowest BCUT2D eigenvalue weighted by atomic mass is 10.1. The van der Waals surface area contributed by atoms with Gasteiger partial charge < -0.3 is 4.90 Å². The Morgan fingerprint density at radius 2 is 1.43 bits per heavy atom. The number of anilines is 1. The molecule has 1 aliphatic heterocycles. The minimum atomic E-state index is -0.277. The lowest BCUT2D eigenvalue weighted by Crippen LogP contribution is -2.20. The summed E-state index contributed by atoms with van der Waals surface area (Å²) in [6.07, 6.45) is 0. The number of benzene rings is 2. The van der Waals surface area contributed by atoms with E-state index in [9.17, 15) is 9.59 Å². The highest BCUT2D eigenvalue weighted by atomic mass is 16.1. The largest absolute Gasteiger partial charge is 0.363 e. The third-order valence-electron chi connectivity index (χ3n) is 3.99. The van der Waals surface area contributed by atoms with Crippen LogP contribution in [0.4, 0.5) is 5.69 Å². The van der Waals surface area contributed by atoms with Crippen LogP contribution in [0.15, 0.2) is 52.1 Å². The zero-order chi connectivity index (χ0) is 14.4. The Morgan fingerprint density at radius 1 is 0.810 bits per heavy atom. The van der Waals surface area contributed by atoms with E-state index in [1.807, 2.05) is 18.2 Å². The predicted molar refractivity (Wildman–Crippen MR) is 81.5 cm³/mol. The molecule has 4 rings (SSSR count). The van der Waals surface area contributed by atoms with Crippen LogP contribution >= 0.6 is 0 Å². The molecule has 2 aromatic carbocycles. The third kappa shape index (κ3) is 1.86. The minimum Gasteiger partial charge on any atom is -0.363 e. The molecule has 2 heterocycles. The van der Waals surface area contributed by atoms with Crippen molar-refractivity contribution in [2.75, 3.05) is 4.90 Å². The SMILES string of the molecule is O=c1[nH][nH]c(=O)c2cc(N3Cc4ccccc4C3)ccc12. The van der Waals surface area contributed by atoms with Crippen molar-refractivity contribution in [2.45, 2.75) is 13.1 Å². The molecule has 0 atom stereocenters. The maximum absolute atomic E-state index is 11.9. The second kappa shape index (κ2) is 4.34. The molecule has 5 nitrogen and oxygen atoms in total. The normalized spacial score (nSPS) is 13.6. The molecule has 0 saturated heterocycles. The van der Waals surface area contributed by atoms with E-state index in [0.29, 0.717) is 10.8 Å². The number of H-pyrrole nitrogens is 2. The zero-order valence-electron chi connectivity index (χ0n) is 11.2. The quantitative estimate of drug-likeness (QED) is 0.713. The molecule has 5 heteroatoms. The van der Waals surface area contributed by atoms with Crippen molar-refractivity contribution in [1.29, 1.82) is 0 Å². The first-order chi connectivity index (χ1) is 10.2. The van der Waals surface area contributed by atoms with Crippen molar-refractivity contribution < 1.29 is 0 Å². The van der Waals surface area contributed by atoms with E-state index < -0.39 is 0 Å². The molecule has 0 amide bonds. The maximum atomic E-state index is 11.9. The summed E-state index contributed by atoms with van der Waals surface area (Å²) in [7, 11) is 0. The van der Waals surface area contributed by atoms with E-state index in [-0.39, 0.29) is 11.1 Å². The standard InChI is InChI=1S/C16H13N3O2/c20-15-13-6-5-12(7-14(13)16(21)18-17-15)19-8-10-3-1-2-4-11(10)9-19/h1-7H,8-9H2,(H,17,20)(H,18,21). The van der Waals surface area contributed by atoms with Gasteiger partial charge in [-0.25, -0.2) is 0 Å². The highest BCUT2D eigenvalue weighted by Crippen LogP contribution is 2.28. The van der Waals surface area contributed by atoms with Gasteiger partial charge in [0.05, 0.1) is 10.8 Å². The van der Waals surface area contributed by atoms with Gasteiger partial charge in [-0.3, -0.25) is 19.8 Å². The molecule has 0 bridgehead atoms. The number of fused-ring (bicyclic) bond motifs is 2. The van der Waals surface area contributed by atoms with Gasteiger partial charge in [-0.1, -0.05) is 24.3 Å². The first kappa shape index (κ1) is 12.0. The molecular formula is C16H13N3O2. The lowest BCUT2D eigenvalue weighted by Gasteiger charge is -2.17. The van der Waals surface area contributed by atoms with Crippen molar-refractivity contribution in [3.05, 3.63) is 74.3 Å². The number of nitrogens with zero attached hydrogens (tertiary/aromatic N) is 1. The Labute approximate surface area is 119 Å². The highest BCUT2D eigenvalue weighted by molar-refractivity contribution is 5.84. The number of rotatable bonds is 1. The van der Waals surface area contributed by atoms with Crippen molar-refractivity contribution in [3.8, 4) is 0 Å². The number of hydrogen-bond donors (Lipinski definition) is 2. The van der Waals surface area contributed by atoms with E-state index in [1.165, 1.54) is 11.1 Å². The van der Waals surface area contributed by atoms with Crippen LogP contribution in [0.1, 0.15) is 11.1 Å². The number of aromatic nitrogens is 2. The van der Waals surface area contributed by atoms with Crippen LogP contribution < -0.4 is 16.0 Å². The Morgan fingerprint density at radius 3 is 2.10 bits per heavy atom. The average Bonchev–Trinajstić information content (AvgIpc) is 2.95. The van der Waals surface area contributed by atoms with Gasteiger partial charge in [-0.2, -0.15) is 0 Å². The Hall–Kier alpha value is -2.82. The van der Waals surface area contributed by atoms with Crippen LogP contribution in [-0.4, -0.2) is 10.2 Å². The molecular weight excluding hydrogens is 266 g/mol. The van der Waals surface area contributed by atoms with Crippen LogP contribution in [-0.2, 0) is 13.1 Å². The van der Waals surface area contributed by atoms with Gasteiger partial charge in [0.15, 0.2) is 0 Å². The fourth-order valence-electron chi connectivity index (χ4n) is 2.88. The highest BCUT2D eigenvalue weighted by Gasteiger charge is 2.19. The maximum Gasteiger partial charge on any atom is 0.270 e. The second-order valence-electron chi connectivity index (χ2n) is 5.26. The fourth-order valence-corrected chi connectivity index (χ4v) is 2.88. The van der Waals surface area contributed by atoms with Crippen LogP contribution in [0.3, 0.4) is 0 Å². The van der Waals surface area contributed by atoms with Gasteiger partial charge in [0.1, 0.15) is 0 Å². The van der Waals surface area contributed by atoms with Gasteiger partial charge in [0.25, 0.3) is 11.1 Å². The summed E-state index contributed by atoms with van der Waals surface area (Å²) in [5, 5.41) is 5.54. The van der Waals surface area contributed by atoms with Gasteiger partial charge in [0, 0.05) is 18.8 Å². The predicted octanol–water partition coefficient (Wildman–Crippen LogP) is 1.74. The molecule has 1 aromatic heterocycles.